The Morgan fingerprint density at radius 1 is 1.53 bits per heavy atom. The highest BCUT2D eigenvalue weighted by atomic mass is 16.3. The summed E-state index contributed by atoms with van der Waals surface area (Å²) in [5.41, 5.74) is 1.10. The summed E-state index contributed by atoms with van der Waals surface area (Å²) in [6.07, 6.45) is 2.94. The minimum absolute atomic E-state index is 0.0204. The first-order valence-corrected chi connectivity index (χ1v) is 5.40. The second-order valence-corrected chi connectivity index (χ2v) is 5.16. The summed E-state index contributed by atoms with van der Waals surface area (Å²) in [4.78, 5) is 0. The van der Waals surface area contributed by atoms with Gasteiger partial charge in [0.1, 0.15) is 5.76 Å². The summed E-state index contributed by atoms with van der Waals surface area (Å²) in [5, 5.41) is 9.74. The van der Waals surface area contributed by atoms with Crippen molar-refractivity contribution < 1.29 is 9.52 Å². The molecule has 82 valence electrons. The first-order valence-electron chi connectivity index (χ1n) is 5.40. The Balaban J connectivity index is 2.33. The third-order valence-electron chi connectivity index (χ3n) is 3.28. The molecule has 15 heavy (non-hydrogen) atoms. The normalized spacial score (nSPS) is 30.5. The summed E-state index contributed by atoms with van der Waals surface area (Å²) in [6.45, 7) is 8.40. The number of rotatable bonds is 1. The van der Waals surface area contributed by atoms with E-state index in [0.717, 1.165) is 17.8 Å². The second-order valence-electron chi connectivity index (χ2n) is 5.16. The summed E-state index contributed by atoms with van der Waals surface area (Å²) < 4.78 is 5.47. The maximum Gasteiger partial charge on any atom is 0.111 e. The number of hydrogen-bond acceptors (Lipinski definition) is 2. The Kier molecular flexibility index (Phi) is 2.47. The van der Waals surface area contributed by atoms with Crippen molar-refractivity contribution in [1.82, 2.24) is 0 Å². The third-order valence-corrected chi connectivity index (χ3v) is 3.28. The number of aliphatic hydroxyl groups is 1. The topological polar surface area (TPSA) is 33.4 Å². The van der Waals surface area contributed by atoms with E-state index in [1.165, 1.54) is 0 Å². The smallest absolute Gasteiger partial charge is 0.111 e. The average Bonchev–Trinajstić information content (AvgIpc) is 2.52. The maximum absolute atomic E-state index is 9.74. The Labute approximate surface area is 90.6 Å². The van der Waals surface area contributed by atoms with E-state index in [1.807, 2.05) is 12.1 Å². The molecule has 2 nitrogen and oxygen atoms in total. The molecule has 2 rings (SSSR count). The van der Waals surface area contributed by atoms with Gasteiger partial charge in [0.05, 0.1) is 12.4 Å². The number of hydrogen-bond donors (Lipinski definition) is 1. The van der Waals surface area contributed by atoms with Crippen LogP contribution in [0, 0.1) is 5.41 Å². The van der Waals surface area contributed by atoms with Gasteiger partial charge in [0.15, 0.2) is 0 Å². The van der Waals surface area contributed by atoms with Crippen molar-refractivity contribution >= 4 is 0 Å². The quantitative estimate of drug-likeness (QED) is 0.716. The first-order chi connectivity index (χ1) is 7.00. The van der Waals surface area contributed by atoms with Crippen molar-refractivity contribution in [3.8, 4) is 0 Å². The largest absolute Gasteiger partial charge is 0.469 e. The van der Waals surface area contributed by atoms with Gasteiger partial charge in [-0.05, 0) is 30.4 Å². The van der Waals surface area contributed by atoms with E-state index in [2.05, 4.69) is 20.4 Å². The highest BCUT2D eigenvalue weighted by Crippen LogP contribution is 2.49. The Bertz CT molecular complexity index is 349. The van der Waals surface area contributed by atoms with Crippen molar-refractivity contribution in [2.24, 2.45) is 5.41 Å². The van der Waals surface area contributed by atoms with Gasteiger partial charge in [-0.3, -0.25) is 0 Å². The predicted molar refractivity (Wildman–Crippen MR) is 59.6 cm³/mol. The van der Waals surface area contributed by atoms with E-state index < -0.39 is 0 Å². The lowest BCUT2D eigenvalue weighted by molar-refractivity contribution is 0.0731. The molecule has 0 unspecified atom stereocenters. The SMILES string of the molecule is C=C1C[C@@H](O)CC(C)(C)[C@H]1c1ccco1. The zero-order chi connectivity index (χ0) is 11.1. The highest BCUT2D eigenvalue weighted by molar-refractivity contribution is 5.26. The van der Waals surface area contributed by atoms with Crippen LogP contribution in [-0.2, 0) is 0 Å². The molecule has 0 bridgehead atoms. The van der Waals surface area contributed by atoms with Gasteiger partial charge in [0.25, 0.3) is 0 Å². The fraction of sp³-hybridized carbons (Fsp3) is 0.538. The summed E-state index contributed by atoms with van der Waals surface area (Å²) in [6, 6.07) is 3.90. The van der Waals surface area contributed by atoms with Crippen LogP contribution in [0.3, 0.4) is 0 Å². The van der Waals surface area contributed by atoms with Crippen LogP contribution >= 0.6 is 0 Å². The van der Waals surface area contributed by atoms with Crippen LogP contribution in [0.2, 0.25) is 0 Å². The maximum atomic E-state index is 9.74. The molecule has 1 fully saturated rings. The van der Waals surface area contributed by atoms with Crippen LogP contribution in [0.5, 0.6) is 0 Å². The van der Waals surface area contributed by atoms with E-state index in [4.69, 9.17) is 4.42 Å². The molecule has 1 aliphatic rings. The van der Waals surface area contributed by atoms with Crippen LogP contribution in [0.25, 0.3) is 0 Å². The van der Waals surface area contributed by atoms with Gasteiger partial charge in [-0.2, -0.15) is 0 Å². The monoisotopic (exact) mass is 206 g/mol. The molecule has 1 saturated carbocycles. The van der Waals surface area contributed by atoms with Crippen LogP contribution < -0.4 is 0 Å². The molecule has 0 spiro atoms. The van der Waals surface area contributed by atoms with Gasteiger partial charge in [0, 0.05) is 5.92 Å². The minimum Gasteiger partial charge on any atom is -0.469 e. The Hall–Kier alpha value is -1.02. The lowest BCUT2D eigenvalue weighted by Gasteiger charge is -2.41. The van der Waals surface area contributed by atoms with E-state index >= 15 is 0 Å². The molecule has 1 aliphatic carbocycles. The fourth-order valence-corrected chi connectivity index (χ4v) is 2.81. The predicted octanol–water partition coefficient (Wildman–Crippen LogP) is 3.10. The molecule has 0 saturated heterocycles. The Morgan fingerprint density at radius 2 is 2.27 bits per heavy atom. The van der Waals surface area contributed by atoms with Crippen molar-refractivity contribution in [2.45, 2.75) is 38.7 Å². The van der Waals surface area contributed by atoms with Gasteiger partial charge in [-0.15, -0.1) is 0 Å². The molecule has 2 heteroatoms. The van der Waals surface area contributed by atoms with E-state index in [0.29, 0.717) is 6.42 Å². The number of aliphatic hydroxyl groups excluding tert-OH is 1. The van der Waals surface area contributed by atoms with Gasteiger partial charge in [-0.1, -0.05) is 26.0 Å². The van der Waals surface area contributed by atoms with Gasteiger partial charge < -0.3 is 9.52 Å². The van der Waals surface area contributed by atoms with E-state index in [9.17, 15) is 5.11 Å². The molecule has 0 aromatic carbocycles. The summed E-state index contributed by atoms with van der Waals surface area (Å²) >= 11 is 0. The van der Waals surface area contributed by atoms with Crippen molar-refractivity contribution in [3.63, 3.8) is 0 Å². The van der Waals surface area contributed by atoms with Gasteiger partial charge in [-0.25, -0.2) is 0 Å². The average molecular weight is 206 g/mol. The minimum atomic E-state index is -0.251. The lowest BCUT2D eigenvalue weighted by Crippen LogP contribution is -2.34. The summed E-state index contributed by atoms with van der Waals surface area (Å²) in [5.74, 6) is 1.20. The molecule has 1 aromatic heterocycles. The molecular formula is C13H18O2. The van der Waals surface area contributed by atoms with Gasteiger partial charge >= 0.3 is 0 Å². The van der Waals surface area contributed by atoms with Crippen molar-refractivity contribution in [1.29, 1.82) is 0 Å². The Morgan fingerprint density at radius 3 is 2.80 bits per heavy atom. The fourth-order valence-electron chi connectivity index (χ4n) is 2.81. The van der Waals surface area contributed by atoms with Crippen LogP contribution in [0.1, 0.15) is 38.4 Å². The molecule has 1 aromatic rings. The molecule has 0 aliphatic heterocycles. The van der Waals surface area contributed by atoms with Crippen LogP contribution in [0.4, 0.5) is 0 Å². The second kappa shape index (κ2) is 3.53. The van der Waals surface area contributed by atoms with Crippen LogP contribution in [0.15, 0.2) is 35.0 Å². The summed E-state index contributed by atoms with van der Waals surface area (Å²) in [7, 11) is 0. The molecule has 1 N–H and O–H groups in total. The third kappa shape index (κ3) is 1.86. The van der Waals surface area contributed by atoms with E-state index in [1.54, 1.807) is 6.26 Å². The molecule has 0 amide bonds. The van der Waals surface area contributed by atoms with Gasteiger partial charge in [0.2, 0.25) is 0 Å². The highest BCUT2D eigenvalue weighted by Gasteiger charge is 2.40. The standard InChI is InChI=1S/C13H18O2/c1-9-7-10(14)8-13(2,3)12(9)11-5-4-6-15-11/h4-6,10,12,14H,1,7-8H2,2-3H3/t10-,12-/m1/s1. The molecule has 0 radical (unpaired) electrons. The lowest BCUT2D eigenvalue weighted by atomic mass is 9.65. The van der Waals surface area contributed by atoms with Crippen LogP contribution in [-0.4, -0.2) is 11.2 Å². The zero-order valence-corrected chi connectivity index (χ0v) is 9.36. The van der Waals surface area contributed by atoms with E-state index in [-0.39, 0.29) is 17.4 Å². The molecule has 1 heterocycles. The van der Waals surface area contributed by atoms with Crippen molar-refractivity contribution in [2.75, 3.05) is 0 Å². The first kappa shape index (κ1) is 10.5. The molecular weight excluding hydrogens is 188 g/mol. The molecule has 2 atom stereocenters. The zero-order valence-electron chi connectivity index (χ0n) is 9.36. The number of furan rings is 1. The van der Waals surface area contributed by atoms with Crippen molar-refractivity contribution in [3.05, 3.63) is 36.3 Å².